The van der Waals surface area contributed by atoms with Crippen molar-refractivity contribution in [2.45, 2.75) is 31.2 Å². The molecule has 0 saturated carbocycles. The summed E-state index contributed by atoms with van der Waals surface area (Å²) in [6, 6.07) is 11.7. The van der Waals surface area contributed by atoms with Crippen molar-refractivity contribution in [2.24, 2.45) is 5.92 Å². The SMILES string of the molecule is Cc1ccc([N+](=O)[O-])cc1S(=O)(=O)N1CCC(C(=O)NCc2ccc(N(C)C)cc2)CC1. The lowest BCUT2D eigenvalue weighted by Gasteiger charge is -2.31. The van der Waals surface area contributed by atoms with E-state index in [0.29, 0.717) is 24.9 Å². The molecule has 0 aromatic heterocycles. The summed E-state index contributed by atoms with van der Waals surface area (Å²) in [6.45, 7) is 2.42. The van der Waals surface area contributed by atoms with Crippen LogP contribution in [0.25, 0.3) is 0 Å². The molecule has 0 radical (unpaired) electrons. The van der Waals surface area contributed by atoms with Crippen molar-refractivity contribution in [2.75, 3.05) is 32.1 Å². The van der Waals surface area contributed by atoms with E-state index >= 15 is 0 Å². The highest BCUT2D eigenvalue weighted by atomic mass is 32.2. The fraction of sp³-hybridized carbons (Fsp3) is 0.409. The van der Waals surface area contributed by atoms with Gasteiger partial charge in [-0.3, -0.25) is 14.9 Å². The first-order chi connectivity index (χ1) is 15.1. The van der Waals surface area contributed by atoms with Crippen LogP contribution in [0.3, 0.4) is 0 Å². The quantitative estimate of drug-likeness (QED) is 0.502. The molecule has 10 heteroatoms. The Morgan fingerprint density at radius 3 is 2.34 bits per heavy atom. The first-order valence-electron chi connectivity index (χ1n) is 10.4. The molecule has 2 aromatic carbocycles. The van der Waals surface area contributed by atoms with Crippen molar-refractivity contribution in [3.05, 3.63) is 63.7 Å². The number of nitro benzene ring substituents is 1. The molecular formula is C22H28N4O5S. The molecule has 0 bridgehead atoms. The number of anilines is 1. The zero-order valence-electron chi connectivity index (χ0n) is 18.4. The number of nitro groups is 1. The predicted molar refractivity (Wildman–Crippen MR) is 122 cm³/mol. The van der Waals surface area contributed by atoms with Gasteiger partial charge in [0.1, 0.15) is 0 Å². The van der Waals surface area contributed by atoms with Gasteiger partial charge in [0.15, 0.2) is 0 Å². The third-order valence-electron chi connectivity index (χ3n) is 5.74. The molecule has 9 nitrogen and oxygen atoms in total. The second-order valence-corrected chi connectivity index (χ2v) is 10.1. The van der Waals surface area contributed by atoms with Crippen LogP contribution in [0.1, 0.15) is 24.0 Å². The average molecular weight is 461 g/mol. The van der Waals surface area contributed by atoms with Gasteiger partial charge < -0.3 is 10.2 Å². The number of carbonyl (C=O) groups is 1. The smallest absolute Gasteiger partial charge is 0.270 e. The maximum atomic E-state index is 13.0. The van der Waals surface area contributed by atoms with Gasteiger partial charge in [-0.25, -0.2) is 8.42 Å². The van der Waals surface area contributed by atoms with Gasteiger partial charge in [-0.1, -0.05) is 18.2 Å². The number of nitrogens with one attached hydrogen (secondary N) is 1. The Kier molecular flexibility index (Phi) is 7.15. The highest BCUT2D eigenvalue weighted by molar-refractivity contribution is 7.89. The van der Waals surface area contributed by atoms with Crippen LogP contribution in [-0.4, -0.2) is 50.7 Å². The van der Waals surface area contributed by atoms with Crippen molar-refractivity contribution in [3.8, 4) is 0 Å². The van der Waals surface area contributed by atoms with Crippen LogP contribution in [-0.2, 0) is 21.4 Å². The summed E-state index contributed by atoms with van der Waals surface area (Å²) in [5, 5.41) is 14.0. The van der Waals surface area contributed by atoms with Crippen LogP contribution >= 0.6 is 0 Å². The number of hydrogen-bond acceptors (Lipinski definition) is 6. The highest BCUT2D eigenvalue weighted by Gasteiger charge is 2.33. The summed E-state index contributed by atoms with van der Waals surface area (Å²) in [5.74, 6) is -0.362. The number of rotatable bonds is 7. The third kappa shape index (κ3) is 5.25. The van der Waals surface area contributed by atoms with Crippen molar-refractivity contribution >= 4 is 27.3 Å². The van der Waals surface area contributed by atoms with Gasteiger partial charge in [0.25, 0.3) is 5.69 Å². The second kappa shape index (κ2) is 9.66. The van der Waals surface area contributed by atoms with E-state index in [2.05, 4.69) is 5.32 Å². The van der Waals surface area contributed by atoms with Crippen molar-refractivity contribution < 1.29 is 18.1 Å². The minimum absolute atomic E-state index is 0.0595. The number of hydrogen-bond donors (Lipinski definition) is 1. The number of benzene rings is 2. The summed E-state index contributed by atoms with van der Waals surface area (Å²) in [5.41, 5.74) is 2.26. The lowest BCUT2D eigenvalue weighted by Crippen LogP contribution is -2.43. The molecule has 0 spiro atoms. The molecule has 32 heavy (non-hydrogen) atoms. The van der Waals surface area contributed by atoms with Gasteiger partial charge in [0.05, 0.1) is 9.82 Å². The first-order valence-corrected chi connectivity index (χ1v) is 11.8. The number of aryl methyl sites for hydroxylation is 1. The van der Waals surface area contributed by atoms with E-state index in [0.717, 1.165) is 17.3 Å². The molecule has 3 rings (SSSR count). The highest BCUT2D eigenvalue weighted by Crippen LogP contribution is 2.28. The zero-order chi connectivity index (χ0) is 23.5. The van der Waals surface area contributed by atoms with E-state index in [9.17, 15) is 23.3 Å². The van der Waals surface area contributed by atoms with Gasteiger partial charge in [0.2, 0.25) is 15.9 Å². The zero-order valence-corrected chi connectivity index (χ0v) is 19.3. The average Bonchev–Trinajstić information content (AvgIpc) is 2.77. The Morgan fingerprint density at radius 1 is 1.16 bits per heavy atom. The number of nitrogens with zero attached hydrogens (tertiary/aromatic N) is 3. The molecule has 1 N–H and O–H groups in total. The Morgan fingerprint density at radius 2 is 1.78 bits per heavy atom. The maximum Gasteiger partial charge on any atom is 0.270 e. The minimum Gasteiger partial charge on any atom is -0.378 e. The molecule has 0 aliphatic carbocycles. The predicted octanol–water partition coefficient (Wildman–Crippen LogP) is 2.69. The fourth-order valence-corrected chi connectivity index (χ4v) is 5.44. The van der Waals surface area contributed by atoms with Crippen LogP contribution in [0.15, 0.2) is 47.4 Å². The van der Waals surface area contributed by atoms with Crippen LogP contribution in [0.2, 0.25) is 0 Å². The van der Waals surface area contributed by atoms with Gasteiger partial charge >= 0.3 is 0 Å². The molecule has 1 aliphatic heterocycles. The largest absolute Gasteiger partial charge is 0.378 e. The summed E-state index contributed by atoms with van der Waals surface area (Å²) < 4.78 is 27.4. The van der Waals surface area contributed by atoms with E-state index in [4.69, 9.17) is 0 Å². The standard InChI is InChI=1S/C22H28N4O5S/c1-16-4-7-20(26(28)29)14-21(16)32(30,31)25-12-10-18(11-13-25)22(27)23-15-17-5-8-19(9-6-17)24(2)3/h4-9,14,18H,10-13,15H2,1-3H3,(H,23,27). The number of non-ortho nitro benzene ring substituents is 1. The molecule has 1 saturated heterocycles. The second-order valence-electron chi connectivity index (χ2n) is 8.16. The first kappa shape index (κ1) is 23.7. The van der Waals surface area contributed by atoms with Crippen LogP contribution in [0, 0.1) is 23.0 Å². The van der Waals surface area contributed by atoms with E-state index in [1.54, 1.807) is 6.92 Å². The molecule has 172 valence electrons. The molecule has 1 fully saturated rings. The Hall–Kier alpha value is -2.98. The molecule has 1 heterocycles. The lowest BCUT2D eigenvalue weighted by atomic mass is 9.97. The topological polar surface area (TPSA) is 113 Å². The molecular weight excluding hydrogens is 432 g/mol. The molecule has 1 aliphatic rings. The molecule has 2 aromatic rings. The number of carbonyl (C=O) groups excluding carboxylic acids is 1. The van der Waals surface area contributed by atoms with Gasteiger partial charge in [0, 0.05) is 57.5 Å². The van der Waals surface area contributed by atoms with Crippen LogP contribution in [0.5, 0.6) is 0 Å². The van der Waals surface area contributed by atoms with E-state index < -0.39 is 14.9 Å². The van der Waals surface area contributed by atoms with Crippen molar-refractivity contribution in [3.63, 3.8) is 0 Å². The fourth-order valence-electron chi connectivity index (χ4n) is 3.72. The van der Waals surface area contributed by atoms with E-state index in [-0.39, 0.29) is 35.5 Å². The Labute approximate surface area is 188 Å². The van der Waals surface area contributed by atoms with Gasteiger partial charge in [-0.2, -0.15) is 4.31 Å². The van der Waals surface area contributed by atoms with Gasteiger partial charge in [-0.15, -0.1) is 0 Å². The third-order valence-corrected chi connectivity index (χ3v) is 7.79. The lowest BCUT2D eigenvalue weighted by molar-refractivity contribution is -0.385. The maximum absolute atomic E-state index is 13.0. The normalized spacial score (nSPS) is 15.3. The van der Waals surface area contributed by atoms with E-state index in [1.165, 1.54) is 16.4 Å². The summed E-state index contributed by atoms with van der Waals surface area (Å²) in [7, 11) is 0.0529. The van der Waals surface area contributed by atoms with Crippen molar-refractivity contribution in [1.82, 2.24) is 9.62 Å². The summed E-state index contributed by atoms with van der Waals surface area (Å²) >= 11 is 0. The Bertz CT molecular complexity index is 1090. The summed E-state index contributed by atoms with van der Waals surface area (Å²) in [4.78, 5) is 25.0. The number of piperidine rings is 1. The monoisotopic (exact) mass is 460 g/mol. The number of amides is 1. The van der Waals surface area contributed by atoms with Crippen molar-refractivity contribution in [1.29, 1.82) is 0 Å². The summed E-state index contributed by atoms with van der Waals surface area (Å²) in [6.07, 6.45) is 0.803. The van der Waals surface area contributed by atoms with E-state index in [1.807, 2.05) is 43.3 Å². The van der Waals surface area contributed by atoms with Crippen LogP contribution < -0.4 is 10.2 Å². The Balaban J connectivity index is 1.59. The molecule has 0 atom stereocenters. The molecule has 0 unspecified atom stereocenters. The molecule has 1 amide bonds. The number of sulfonamides is 1. The minimum atomic E-state index is -3.87. The van der Waals surface area contributed by atoms with Gasteiger partial charge in [-0.05, 0) is 43.0 Å². The van der Waals surface area contributed by atoms with Crippen LogP contribution in [0.4, 0.5) is 11.4 Å².